The van der Waals surface area contributed by atoms with Crippen LogP contribution in [0.4, 0.5) is 0 Å². The molecule has 0 amide bonds. The number of oxazole rings is 2. The highest BCUT2D eigenvalue weighted by atomic mass is 32.1. The van der Waals surface area contributed by atoms with E-state index in [0.717, 1.165) is 32.0 Å². The predicted octanol–water partition coefficient (Wildman–Crippen LogP) is 7.11. The van der Waals surface area contributed by atoms with E-state index in [2.05, 4.69) is 9.97 Å². The van der Waals surface area contributed by atoms with Gasteiger partial charge < -0.3 is 8.83 Å². The number of para-hydroxylation sites is 4. The Morgan fingerprint density at radius 2 is 1.00 bits per heavy atom. The van der Waals surface area contributed by atoms with E-state index in [0.29, 0.717) is 11.8 Å². The number of nitrogens with zero attached hydrogens (tertiary/aromatic N) is 2. The van der Waals surface area contributed by atoms with Crippen LogP contribution in [0, 0.1) is 0 Å². The summed E-state index contributed by atoms with van der Waals surface area (Å²) in [5, 5.41) is 4.04. The molecule has 0 aliphatic carbocycles. The summed E-state index contributed by atoms with van der Waals surface area (Å²) in [6, 6.07) is 23.6. The molecule has 0 unspecified atom stereocenters. The van der Waals surface area contributed by atoms with Crippen molar-refractivity contribution in [2.45, 2.75) is 0 Å². The second-order valence-electron chi connectivity index (χ2n) is 5.93. The van der Waals surface area contributed by atoms with Crippen LogP contribution in [-0.2, 0) is 0 Å². The van der Waals surface area contributed by atoms with Gasteiger partial charge in [-0.3, -0.25) is 0 Å². The molecule has 136 valence electrons. The van der Waals surface area contributed by atoms with Crippen LogP contribution in [0.5, 0.6) is 0 Å². The van der Waals surface area contributed by atoms with Crippen LogP contribution in [-0.4, -0.2) is 9.97 Å². The number of aromatic nitrogens is 2. The highest BCUT2D eigenvalue weighted by molar-refractivity contribution is 7.13. The fraction of sp³-hybridized carbons (Fsp3) is 0. The molecule has 0 saturated heterocycles. The molecule has 0 radical (unpaired) electrons. The van der Waals surface area contributed by atoms with Gasteiger partial charge in [0.1, 0.15) is 11.0 Å². The third-order valence-electron chi connectivity index (χ3n) is 4.05. The van der Waals surface area contributed by atoms with Gasteiger partial charge in [0.15, 0.2) is 11.2 Å². The first-order chi connectivity index (χ1) is 13.9. The third-order valence-corrected chi connectivity index (χ3v) is 5.77. The Bertz CT molecular complexity index is 1150. The molecule has 28 heavy (non-hydrogen) atoms. The maximum atomic E-state index is 5.61. The summed E-state index contributed by atoms with van der Waals surface area (Å²) in [5.74, 6) is 1.42. The number of hydrogen-bond acceptors (Lipinski definition) is 6. The second kappa shape index (κ2) is 7.42. The molecule has 0 saturated carbocycles. The largest absolute Gasteiger partial charge is 0.435 e. The predicted molar refractivity (Wildman–Crippen MR) is 115 cm³/mol. The van der Waals surface area contributed by atoms with Crippen LogP contribution >= 0.6 is 22.7 Å². The monoisotopic (exact) mass is 402 g/mol. The van der Waals surface area contributed by atoms with Gasteiger partial charge in [0, 0.05) is 0 Å². The lowest BCUT2D eigenvalue weighted by Crippen LogP contribution is -1.68. The summed E-state index contributed by atoms with van der Waals surface area (Å²) in [5.41, 5.74) is 3.51. The summed E-state index contributed by atoms with van der Waals surface area (Å²) >= 11 is 3.27. The zero-order valence-corrected chi connectivity index (χ0v) is 16.2. The lowest BCUT2D eigenvalue weighted by Gasteiger charge is -1.84. The topological polar surface area (TPSA) is 52.1 Å². The Kier molecular flexibility index (Phi) is 4.48. The molecule has 0 aliphatic heterocycles. The maximum absolute atomic E-state index is 5.61. The summed E-state index contributed by atoms with van der Waals surface area (Å²) < 4.78 is 11.2. The van der Waals surface area contributed by atoms with Gasteiger partial charge in [0.05, 0.1) is 9.75 Å². The van der Waals surface area contributed by atoms with Crippen molar-refractivity contribution in [3.63, 3.8) is 0 Å². The minimum atomic E-state index is 0.709. The Morgan fingerprint density at radius 3 is 1.39 bits per heavy atom. The standard InChI is InChI=1S/2C11H7NOS/c2*1-2-5-9-8(4-1)12-11(13-9)10-6-3-7-14-10/h2*1-7H. The molecule has 0 bridgehead atoms. The zero-order chi connectivity index (χ0) is 18.8. The number of hydrogen-bond donors (Lipinski definition) is 0. The molecule has 0 aliphatic rings. The Hall–Kier alpha value is -3.22. The van der Waals surface area contributed by atoms with Gasteiger partial charge in [-0.05, 0) is 47.2 Å². The summed E-state index contributed by atoms with van der Waals surface area (Å²) in [6.45, 7) is 0. The number of rotatable bonds is 2. The molecule has 6 rings (SSSR count). The highest BCUT2D eigenvalue weighted by Gasteiger charge is 2.08. The molecule has 2 aromatic carbocycles. The fourth-order valence-corrected chi connectivity index (χ4v) is 4.05. The fourth-order valence-electron chi connectivity index (χ4n) is 2.76. The van der Waals surface area contributed by atoms with Gasteiger partial charge in [0.25, 0.3) is 0 Å². The molecule has 4 aromatic heterocycles. The minimum Gasteiger partial charge on any atom is -0.435 e. The van der Waals surface area contributed by atoms with Gasteiger partial charge in [0.2, 0.25) is 11.8 Å². The van der Waals surface area contributed by atoms with E-state index in [-0.39, 0.29) is 0 Å². The van der Waals surface area contributed by atoms with Crippen LogP contribution in [0.25, 0.3) is 43.7 Å². The minimum absolute atomic E-state index is 0.709. The van der Waals surface area contributed by atoms with Crippen molar-refractivity contribution in [1.82, 2.24) is 9.97 Å². The van der Waals surface area contributed by atoms with Gasteiger partial charge >= 0.3 is 0 Å². The maximum Gasteiger partial charge on any atom is 0.237 e. The molecular weight excluding hydrogens is 388 g/mol. The first-order valence-corrected chi connectivity index (χ1v) is 10.4. The van der Waals surface area contributed by atoms with Crippen molar-refractivity contribution < 1.29 is 8.83 Å². The zero-order valence-electron chi connectivity index (χ0n) is 14.6. The van der Waals surface area contributed by atoms with Gasteiger partial charge in [-0.15, -0.1) is 22.7 Å². The van der Waals surface area contributed by atoms with Crippen LogP contribution in [0.3, 0.4) is 0 Å². The number of thiophene rings is 2. The van der Waals surface area contributed by atoms with Crippen molar-refractivity contribution in [1.29, 1.82) is 0 Å². The first kappa shape index (κ1) is 16.9. The van der Waals surface area contributed by atoms with Crippen LogP contribution in [0.2, 0.25) is 0 Å². The lowest BCUT2D eigenvalue weighted by atomic mass is 10.3. The molecule has 0 spiro atoms. The SMILES string of the molecule is c1csc(-c2nc3ccccc3o2)c1.c1csc(-c2nc3ccccc3o2)c1. The van der Waals surface area contributed by atoms with Crippen LogP contribution in [0.1, 0.15) is 0 Å². The van der Waals surface area contributed by atoms with Crippen LogP contribution in [0.15, 0.2) is 92.4 Å². The molecule has 4 heterocycles. The molecule has 6 aromatic rings. The molecule has 0 atom stereocenters. The number of fused-ring (bicyclic) bond motifs is 2. The molecule has 6 heteroatoms. The van der Waals surface area contributed by atoms with Gasteiger partial charge in [-0.1, -0.05) is 36.4 Å². The average molecular weight is 403 g/mol. The summed E-state index contributed by atoms with van der Waals surface area (Å²) in [4.78, 5) is 10.9. The van der Waals surface area contributed by atoms with E-state index in [4.69, 9.17) is 8.83 Å². The van der Waals surface area contributed by atoms with E-state index in [1.165, 1.54) is 0 Å². The van der Waals surface area contributed by atoms with Gasteiger partial charge in [-0.2, -0.15) is 0 Å². The van der Waals surface area contributed by atoms with Gasteiger partial charge in [-0.25, -0.2) is 9.97 Å². The van der Waals surface area contributed by atoms with E-state index >= 15 is 0 Å². The average Bonchev–Trinajstić information content (AvgIpc) is 3.54. The quantitative estimate of drug-likeness (QED) is 0.310. The Labute approximate surface area is 168 Å². The van der Waals surface area contributed by atoms with Crippen molar-refractivity contribution in [3.8, 4) is 21.5 Å². The Balaban J connectivity index is 0.000000122. The molecular formula is C22H14N2O2S2. The molecule has 0 fully saturated rings. The number of benzene rings is 2. The van der Waals surface area contributed by atoms with E-state index in [1.54, 1.807) is 22.7 Å². The van der Waals surface area contributed by atoms with E-state index < -0.39 is 0 Å². The lowest BCUT2D eigenvalue weighted by molar-refractivity contribution is 0.621. The van der Waals surface area contributed by atoms with Crippen LogP contribution < -0.4 is 0 Å². The van der Waals surface area contributed by atoms with Crippen molar-refractivity contribution in [2.24, 2.45) is 0 Å². The summed E-state index contributed by atoms with van der Waals surface area (Å²) in [7, 11) is 0. The van der Waals surface area contributed by atoms with E-state index in [9.17, 15) is 0 Å². The van der Waals surface area contributed by atoms with Crippen molar-refractivity contribution >= 4 is 44.9 Å². The normalized spacial score (nSPS) is 10.9. The summed E-state index contributed by atoms with van der Waals surface area (Å²) in [6.07, 6.45) is 0. The third kappa shape index (κ3) is 3.35. The second-order valence-corrected chi connectivity index (χ2v) is 7.82. The molecule has 0 N–H and O–H groups in total. The molecule has 4 nitrogen and oxygen atoms in total. The van der Waals surface area contributed by atoms with E-state index in [1.807, 2.05) is 83.6 Å². The van der Waals surface area contributed by atoms with Crippen molar-refractivity contribution in [2.75, 3.05) is 0 Å². The van der Waals surface area contributed by atoms with Crippen molar-refractivity contribution in [3.05, 3.63) is 83.6 Å². The first-order valence-electron chi connectivity index (χ1n) is 8.66. The highest BCUT2D eigenvalue weighted by Crippen LogP contribution is 2.28. The Morgan fingerprint density at radius 1 is 0.536 bits per heavy atom. The smallest absolute Gasteiger partial charge is 0.237 e.